The topological polar surface area (TPSA) is 66.5 Å². The maximum Gasteiger partial charge on any atom is 0.224 e. The van der Waals surface area contributed by atoms with Crippen LogP contribution in [0.1, 0.15) is 25.7 Å². The Morgan fingerprint density at radius 3 is 2.53 bits per heavy atom. The molecule has 0 bridgehead atoms. The molecule has 2 saturated heterocycles. The minimum Gasteiger partial charge on any atom is -0.341 e. The quantitative estimate of drug-likeness (QED) is 0.745. The van der Waals surface area contributed by atoms with Gasteiger partial charge in [-0.1, -0.05) is 6.42 Å². The van der Waals surface area contributed by atoms with Crippen molar-refractivity contribution in [3.63, 3.8) is 0 Å². The Morgan fingerprint density at radius 1 is 1.24 bits per heavy atom. The number of nitrogens with one attached hydrogen (secondary N) is 1. The third-order valence-electron chi connectivity index (χ3n) is 3.53. The molecule has 2 aliphatic rings. The van der Waals surface area contributed by atoms with Crippen LogP contribution in [0.5, 0.6) is 0 Å². The van der Waals surface area contributed by atoms with Gasteiger partial charge in [0.2, 0.25) is 5.91 Å². The van der Waals surface area contributed by atoms with Crippen LogP contribution in [-0.4, -0.2) is 56.4 Å². The lowest BCUT2D eigenvalue weighted by molar-refractivity contribution is -0.131. The van der Waals surface area contributed by atoms with Gasteiger partial charge in [-0.3, -0.25) is 4.79 Å². The van der Waals surface area contributed by atoms with Gasteiger partial charge in [-0.15, -0.1) is 0 Å². The molecule has 0 aliphatic carbocycles. The van der Waals surface area contributed by atoms with Gasteiger partial charge < -0.3 is 10.2 Å². The van der Waals surface area contributed by atoms with E-state index in [1.807, 2.05) is 0 Å². The Labute approximate surface area is 102 Å². The first-order chi connectivity index (χ1) is 8.07. The van der Waals surface area contributed by atoms with E-state index in [4.69, 9.17) is 0 Å². The number of carbonyl (C=O) groups excluding carboxylic acids is 1. The average molecular weight is 260 g/mol. The Hall–Kier alpha value is -0.620. The van der Waals surface area contributed by atoms with Gasteiger partial charge in [-0.25, -0.2) is 8.42 Å². The number of carbonyl (C=O) groups is 1. The number of nitrogens with zero attached hydrogens (tertiary/aromatic N) is 1. The highest BCUT2D eigenvalue weighted by Crippen LogP contribution is 2.13. The largest absolute Gasteiger partial charge is 0.341 e. The third kappa shape index (κ3) is 3.67. The zero-order valence-corrected chi connectivity index (χ0v) is 10.8. The molecule has 17 heavy (non-hydrogen) atoms. The molecule has 1 unspecified atom stereocenters. The lowest BCUT2D eigenvalue weighted by Gasteiger charge is -2.30. The van der Waals surface area contributed by atoms with Gasteiger partial charge in [0, 0.05) is 25.6 Å². The zero-order valence-electron chi connectivity index (χ0n) is 10.0. The number of hydrogen-bond acceptors (Lipinski definition) is 4. The van der Waals surface area contributed by atoms with Crippen LogP contribution in [0.15, 0.2) is 0 Å². The van der Waals surface area contributed by atoms with Crippen LogP contribution in [0, 0.1) is 0 Å². The van der Waals surface area contributed by atoms with Crippen molar-refractivity contribution in [3.05, 3.63) is 0 Å². The van der Waals surface area contributed by atoms with Crippen LogP contribution >= 0.6 is 0 Å². The summed E-state index contributed by atoms with van der Waals surface area (Å²) < 4.78 is 22.5. The average Bonchev–Trinajstić information content (AvgIpc) is 2.30. The first kappa shape index (κ1) is 12.8. The van der Waals surface area contributed by atoms with E-state index >= 15 is 0 Å². The second-order valence-electron chi connectivity index (χ2n) is 4.88. The fourth-order valence-corrected chi connectivity index (χ4v) is 3.60. The van der Waals surface area contributed by atoms with Gasteiger partial charge in [0.05, 0.1) is 11.5 Å². The molecule has 98 valence electrons. The van der Waals surface area contributed by atoms with Crippen LogP contribution in [-0.2, 0) is 14.6 Å². The van der Waals surface area contributed by atoms with Gasteiger partial charge in [0.15, 0.2) is 9.84 Å². The van der Waals surface area contributed by atoms with E-state index in [1.54, 1.807) is 4.90 Å². The van der Waals surface area contributed by atoms with Crippen molar-refractivity contribution in [2.75, 3.05) is 31.1 Å². The number of rotatable bonds is 2. The third-order valence-corrected chi connectivity index (χ3v) is 5.14. The number of sulfone groups is 1. The second kappa shape index (κ2) is 5.35. The molecule has 1 atom stereocenters. The number of piperidine rings is 1. The molecule has 0 radical (unpaired) electrons. The highest BCUT2D eigenvalue weighted by molar-refractivity contribution is 7.91. The summed E-state index contributed by atoms with van der Waals surface area (Å²) >= 11 is 0. The van der Waals surface area contributed by atoms with Crippen LogP contribution in [0.2, 0.25) is 0 Å². The van der Waals surface area contributed by atoms with Crippen molar-refractivity contribution in [1.29, 1.82) is 0 Å². The van der Waals surface area contributed by atoms with Crippen molar-refractivity contribution < 1.29 is 13.2 Å². The first-order valence-corrected chi connectivity index (χ1v) is 8.10. The van der Waals surface area contributed by atoms with Gasteiger partial charge in [0.1, 0.15) is 0 Å². The molecule has 2 aliphatic heterocycles. The smallest absolute Gasteiger partial charge is 0.224 e. The van der Waals surface area contributed by atoms with E-state index in [-0.39, 0.29) is 23.5 Å². The highest BCUT2D eigenvalue weighted by Gasteiger charge is 2.26. The second-order valence-corrected chi connectivity index (χ2v) is 7.19. The molecule has 5 nitrogen and oxygen atoms in total. The lowest BCUT2D eigenvalue weighted by Crippen LogP contribution is -2.46. The minimum absolute atomic E-state index is 0.0966. The molecule has 2 heterocycles. The standard InChI is InChI=1S/C11H20N2O3S/c14-11(9-10-3-1-2-4-12-10)13-5-7-17(15,16)8-6-13/h10,12H,1-9H2. The molecule has 1 amide bonds. The number of amides is 1. The molecule has 1 N–H and O–H groups in total. The van der Waals surface area contributed by atoms with Gasteiger partial charge in [0.25, 0.3) is 0 Å². The molecular formula is C11H20N2O3S. The Morgan fingerprint density at radius 2 is 1.94 bits per heavy atom. The van der Waals surface area contributed by atoms with Crippen molar-refractivity contribution >= 4 is 15.7 Å². The summed E-state index contributed by atoms with van der Waals surface area (Å²) in [5.41, 5.74) is 0. The van der Waals surface area contributed by atoms with Crippen LogP contribution in [0.3, 0.4) is 0 Å². The highest BCUT2D eigenvalue weighted by atomic mass is 32.2. The monoisotopic (exact) mass is 260 g/mol. The van der Waals surface area contributed by atoms with E-state index in [0.29, 0.717) is 19.5 Å². The van der Waals surface area contributed by atoms with Crippen molar-refractivity contribution in [1.82, 2.24) is 10.2 Å². The lowest BCUT2D eigenvalue weighted by atomic mass is 10.0. The predicted octanol–water partition coefficient (Wildman–Crippen LogP) is -0.224. The van der Waals surface area contributed by atoms with Crippen LogP contribution < -0.4 is 5.32 Å². The summed E-state index contributed by atoms with van der Waals surface area (Å²) in [5.74, 6) is 0.340. The molecule has 2 rings (SSSR count). The molecule has 6 heteroatoms. The Balaban J connectivity index is 1.80. The van der Waals surface area contributed by atoms with E-state index in [1.165, 1.54) is 12.8 Å². The first-order valence-electron chi connectivity index (χ1n) is 6.28. The maximum atomic E-state index is 12.0. The minimum atomic E-state index is -2.89. The fourth-order valence-electron chi connectivity index (χ4n) is 2.40. The molecule has 2 fully saturated rings. The number of hydrogen-bond donors (Lipinski definition) is 1. The molecule has 0 aromatic carbocycles. The summed E-state index contributed by atoms with van der Waals surface area (Å²) in [5, 5.41) is 3.34. The zero-order chi connectivity index (χ0) is 12.3. The van der Waals surface area contributed by atoms with Crippen molar-refractivity contribution in [2.24, 2.45) is 0 Å². The molecule has 0 spiro atoms. The van der Waals surface area contributed by atoms with E-state index in [2.05, 4.69) is 5.32 Å². The van der Waals surface area contributed by atoms with Crippen molar-refractivity contribution in [2.45, 2.75) is 31.7 Å². The van der Waals surface area contributed by atoms with E-state index in [0.717, 1.165) is 13.0 Å². The van der Waals surface area contributed by atoms with Gasteiger partial charge in [-0.2, -0.15) is 0 Å². The van der Waals surface area contributed by atoms with Crippen LogP contribution in [0.25, 0.3) is 0 Å². The van der Waals surface area contributed by atoms with Gasteiger partial charge >= 0.3 is 0 Å². The Bertz CT molecular complexity index is 360. The summed E-state index contributed by atoms with van der Waals surface area (Å²) in [6, 6.07) is 0.287. The summed E-state index contributed by atoms with van der Waals surface area (Å²) in [6.45, 7) is 1.73. The molecule has 0 saturated carbocycles. The molecule has 0 aromatic heterocycles. The molecule has 0 aromatic rings. The summed E-state index contributed by atoms with van der Waals surface area (Å²) in [7, 11) is -2.89. The van der Waals surface area contributed by atoms with E-state index < -0.39 is 9.84 Å². The Kier molecular flexibility index (Phi) is 4.04. The fraction of sp³-hybridized carbons (Fsp3) is 0.909. The van der Waals surface area contributed by atoms with Gasteiger partial charge in [-0.05, 0) is 19.4 Å². The summed E-state index contributed by atoms with van der Waals surface area (Å²) in [6.07, 6.45) is 3.93. The normalized spacial score (nSPS) is 28.9. The van der Waals surface area contributed by atoms with E-state index in [9.17, 15) is 13.2 Å². The predicted molar refractivity (Wildman–Crippen MR) is 65.5 cm³/mol. The van der Waals surface area contributed by atoms with Crippen LogP contribution in [0.4, 0.5) is 0 Å². The molecular weight excluding hydrogens is 240 g/mol. The summed E-state index contributed by atoms with van der Waals surface area (Å²) in [4.78, 5) is 13.7. The SMILES string of the molecule is O=C(CC1CCCCN1)N1CCS(=O)(=O)CC1. The maximum absolute atomic E-state index is 12.0. The van der Waals surface area contributed by atoms with Crippen molar-refractivity contribution in [3.8, 4) is 0 Å².